The van der Waals surface area contributed by atoms with Crippen molar-refractivity contribution in [3.63, 3.8) is 0 Å². The van der Waals surface area contributed by atoms with E-state index in [1.807, 2.05) is 0 Å². The third-order valence-electron chi connectivity index (χ3n) is 4.02. The molecule has 0 aliphatic rings. The van der Waals surface area contributed by atoms with Crippen molar-refractivity contribution in [1.82, 2.24) is 0 Å². The zero-order valence-corrected chi connectivity index (χ0v) is 16.8. The summed E-state index contributed by atoms with van der Waals surface area (Å²) >= 11 is 0. The van der Waals surface area contributed by atoms with Crippen LogP contribution in [0.5, 0.6) is 0 Å². The van der Waals surface area contributed by atoms with E-state index >= 15 is 0 Å². The van der Waals surface area contributed by atoms with Gasteiger partial charge in [-0.25, -0.2) is 0 Å². The minimum Gasteiger partial charge on any atom is -1.00 e. The molecule has 0 rings (SSSR count). The molecule has 0 amide bonds. The van der Waals surface area contributed by atoms with Crippen LogP contribution in [-0.2, 0) is 4.43 Å². The standard InChI is InChI=1S/C13H29OSi.BrH.Mg/c1-9-13(10-2,11-3)14-15(7,8)12(4,5)6;;/h1,9-11H2,2-8H3;1H;/q-1;;+2/p-1. The molecule has 0 aromatic carbocycles. The van der Waals surface area contributed by atoms with E-state index in [0.29, 0.717) is 0 Å². The van der Waals surface area contributed by atoms with Crippen molar-refractivity contribution in [1.29, 1.82) is 0 Å². The molecular formula is C13H29BrMgOSi. The molecule has 17 heavy (non-hydrogen) atoms. The van der Waals surface area contributed by atoms with E-state index in [4.69, 9.17) is 4.43 Å². The second-order valence-corrected chi connectivity index (χ2v) is 10.7. The van der Waals surface area contributed by atoms with Crippen LogP contribution >= 0.6 is 0 Å². The molecule has 0 N–H and O–H groups in total. The largest absolute Gasteiger partial charge is 2.00 e. The van der Waals surface area contributed by atoms with Crippen LogP contribution in [0.3, 0.4) is 0 Å². The van der Waals surface area contributed by atoms with Gasteiger partial charge in [-0.1, -0.05) is 34.6 Å². The van der Waals surface area contributed by atoms with E-state index in [1.54, 1.807) is 0 Å². The minimum atomic E-state index is -1.64. The van der Waals surface area contributed by atoms with Gasteiger partial charge in [0, 0.05) is 5.60 Å². The molecule has 0 aromatic rings. The van der Waals surface area contributed by atoms with Gasteiger partial charge in [0.2, 0.25) is 0 Å². The Kier molecular flexibility index (Phi) is 11.8. The van der Waals surface area contributed by atoms with E-state index in [1.165, 1.54) is 0 Å². The molecule has 0 aliphatic heterocycles. The topological polar surface area (TPSA) is 9.23 Å². The Bertz CT molecular complexity index is 190. The zero-order chi connectivity index (χ0) is 12.3. The molecule has 0 heterocycles. The third kappa shape index (κ3) is 6.41. The average molecular weight is 334 g/mol. The van der Waals surface area contributed by atoms with Crippen LogP contribution < -0.4 is 17.0 Å². The Morgan fingerprint density at radius 3 is 1.59 bits per heavy atom. The Morgan fingerprint density at radius 1 is 1.06 bits per heavy atom. The van der Waals surface area contributed by atoms with Gasteiger partial charge in [-0.2, -0.15) is 6.42 Å². The van der Waals surface area contributed by atoms with Gasteiger partial charge in [-0.05, 0) is 31.0 Å². The maximum atomic E-state index is 6.51. The van der Waals surface area contributed by atoms with Gasteiger partial charge in [-0.15, -0.1) is 0 Å². The van der Waals surface area contributed by atoms with E-state index in [0.717, 1.165) is 19.3 Å². The normalized spacial score (nSPS) is 12.7. The van der Waals surface area contributed by atoms with E-state index in [9.17, 15) is 0 Å². The predicted molar refractivity (Wildman–Crippen MR) is 77.3 cm³/mol. The van der Waals surface area contributed by atoms with Gasteiger partial charge in [-0.3, -0.25) is 0 Å². The number of rotatable bonds is 5. The predicted octanol–water partition coefficient (Wildman–Crippen LogP) is 1.41. The first-order valence-electron chi connectivity index (χ1n) is 6.13. The summed E-state index contributed by atoms with van der Waals surface area (Å²) in [5, 5.41) is 0.289. The summed E-state index contributed by atoms with van der Waals surface area (Å²) in [4.78, 5) is 0. The minimum absolute atomic E-state index is 0. The second kappa shape index (κ2) is 8.57. The summed E-state index contributed by atoms with van der Waals surface area (Å²) in [6, 6.07) is 0. The molecule has 0 saturated heterocycles. The Morgan fingerprint density at radius 2 is 1.41 bits per heavy atom. The maximum Gasteiger partial charge on any atom is 2.00 e. The molecule has 4 heteroatoms. The van der Waals surface area contributed by atoms with Crippen LogP contribution in [0.25, 0.3) is 0 Å². The Labute approximate surface area is 137 Å². The first-order chi connectivity index (χ1) is 6.64. The summed E-state index contributed by atoms with van der Waals surface area (Å²) in [6.07, 6.45) is 3.02. The van der Waals surface area contributed by atoms with Crippen LogP contribution in [-0.4, -0.2) is 37.0 Å². The monoisotopic (exact) mass is 332 g/mol. The fourth-order valence-electron chi connectivity index (χ4n) is 1.49. The molecule has 0 saturated carbocycles. The molecule has 0 fully saturated rings. The fourth-order valence-corrected chi connectivity index (χ4v) is 3.27. The van der Waals surface area contributed by atoms with E-state index < -0.39 is 8.32 Å². The van der Waals surface area contributed by atoms with Crippen LogP contribution in [0.15, 0.2) is 0 Å². The van der Waals surface area contributed by atoms with Gasteiger partial charge < -0.3 is 28.3 Å². The van der Waals surface area contributed by atoms with Crippen LogP contribution in [0.1, 0.15) is 53.9 Å². The molecule has 0 unspecified atom stereocenters. The molecule has 0 aromatic heterocycles. The van der Waals surface area contributed by atoms with Gasteiger partial charge >= 0.3 is 23.1 Å². The second-order valence-electron chi connectivity index (χ2n) is 6.00. The van der Waals surface area contributed by atoms with Crippen molar-refractivity contribution in [2.45, 2.75) is 77.6 Å². The van der Waals surface area contributed by atoms with Gasteiger partial charge in [0.05, 0.1) is 0 Å². The maximum absolute atomic E-state index is 6.51. The fraction of sp³-hybridized carbons (Fsp3) is 0.923. The summed E-state index contributed by atoms with van der Waals surface area (Å²) in [6.45, 7) is 20.0. The van der Waals surface area contributed by atoms with Crippen molar-refractivity contribution >= 4 is 31.4 Å². The van der Waals surface area contributed by atoms with Crippen molar-refractivity contribution in [2.75, 3.05) is 0 Å². The van der Waals surface area contributed by atoms with Gasteiger partial charge in [0.25, 0.3) is 0 Å². The molecular weight excluding hydrogens is 304 g/mol. The first-order valence-corrected chi connectivity index (χ1v) is 9.04. The van der Waals surface area contributed by atoms with Crippen molar-refractivity contribution in [3.05, 3.63) is 6.92 Å². The molecule has 100 valence electrons. The number of hydrogen-bond donors (Lipinski definition) is 0. The van der Waals surface area contributed by atoms with Crippen molar-refractivity contribution in [2.24, 2.45) is 0 Å². The van der Waals surface area contributed by atoms with Crippen molar-refractivity contribution in [3.8, 4) is 0 Å². The van der Waals surface area contributed by atoms with Gasteiger partial charge in [0.1, 0.15) is 0 Å². The smallest absolute Gasteiger partial charge is 1.00 e. The Hall–Kier alpha value is 1.42. The number of halogens is 1. The van der Waals surface area contributed by atoms with Crippen LogP contribution in [0, 0.1) is 6.92 Å². The summed E-state index contributed by atoms with van der Waals surface area (Å²) in [5.41, 5.74) is 0.0169. The van der Waals surface area contributed by atoms with Crippen LogP contribution in [0.2, 0.25) is 18.1 Å². The van der Waals surface area contributed by atoms with E-state index in [2.05, 4.69) is 54.6 Å². The molecule has 0 bridgehead atoms. The summed E-state index contributed by atoms with van der Waals surface area (Å²) in [7, 11) is -1.64. The molecule has 0 spiro atoms. The SMILES string of the molecule is [Br-].[CH2-]CC(CC)(CC)O[Si](C)(C)C(C)(C)C.[Mg+2]. The molecule has 1 nitrogen and oxygen atoms in total. The molecule has 0 aliphatic carbocycles. The number of hydrogen-bond acceptors (Lipinski definition) is 1. The Balaban J connectivity index is -0.000000980. The zero-order valence-electron chi connectivity index (χ0n) is 12.8. The van der Waals surface area contributed by atoms with Crippen LogP contribution in [0.4, 0.5) is 0 Å². The van der Waals surface area contributed by atoms with Gasteiger partial charge in [0.15, 0.2) is 8.32 Å². The third-order valence-corrected chi connectivity index (χ3v) is 8.58. The summed E-state index contributed by atoms with van der Waals surface area (Å²) < 4.78 is 6.51. The molecule has 0 radical (unpaired) electrons. The van der Waals surface area contributed by atoms with Crippen molar-refractivity contribution < 1.29 is 21.4 Å². The first kappa shape index (κ1) is 23.5. The van der Waals surface area contributed by atoms with E-state index in [-0.39, 0.29) is 50.7 Å². The quantitative estimate of drug-likeness (QED) is 0.546. The average Bonchev–Trinajstić information content (AvgIpc) is 2.12. The molecule has 0 atom stereocenters. The summed E-state index contributed by atoms with van der Waals surface area (Å²) in [5.74, 6) is 0.